The Kier molecular flexibility index (Phi) is 9.19. The van der Waals surface area contributed by atoms with Crippen molar-refractivity contribution in [2.45, 2.75) is 64.6 Å². The molecule has 4 N–H and O–H groups in total. The standard InChI is InChI=1S/C20H32N4O5S/c1-4-5-6-7-11-28-19-18(22-30-23-19)15-9-8-10-24(3,13-15)14(2)29-20(27)16(21)12-17(25)26/h9,14,16H,4-8,10-13,21H2,1-3H3/p+2/t14-,16+,24?/m1/s1. The highest BCUT2D eigenvalue weighted by Crippen LogP contribution is 2.31. The maximum Gasteiger partial charge on any atom is 0.369 e. The van der Waals surface area contributed by atoms with Crippen molar-refractivity contribution in [3.05, 3.63) is 11.8 Å². The second kappa shape index (κ2) is 11.4. The largest absolute Gasteiger partial charge is 0.481 e. The van der Waals surface area contributed by atoms with Crippen molar-refractivity contribution in [1.29, 1.82) is 0 Å². The van der Waals surface area contributed by atoms with Crippen molar-refractivity contribution >= 4 is 29.2 Å². The van der Waals surface area contributed by atoms with Gasteiger partial charge in [-0.25, -0.2) is 4.79 Å². The quantitative estimate of drug-likeness (QED) is 0.287. The molecule has 0 radical (unpaired) electrons. The number of quaternary nitrogens is 2. The number of esters is 1. The van der Waals surface area contributed by atoms with Gasteiger partial charge in [-0.15, -0.1) is 4.37 Å². The number of nitrogens with zero attached hydrogens (tertiary/aromatic N) is 3. The monoisotopic (exact) mass is 442 g/mol. The molecule has 10 heteroatoms. The van der Waals surface area contributed by atoms with Gasteiger partial charge in [-0.3, -0.25) is 9.28 Å². The van der Waals surface area contributed by atoms with E-state index in [1.165, 1.54) is 12.8 Å². The van der Waals surface area contributed by atoms with Crippen molar-refractivity contribution in [2.24, 2.45) is 0 Å². The van der Waals surface area contributed by atoms with Crippen molar-refractivity contribution in [1.82, 2.24) is 8.75 Å². The molecular formula is C20H34N4O5S+2. The topological polar surface area (TPSA) is 126 Å². The van der Waals surface area contributed by atoms with Crippen LogP contribution in [0.2, 0.25) is 0 Å². The highest BCUT2D eigenvalue weighted by molar-refractivity contribution is 6.99. The molecule has 1 aromatic rings. The molecule has 1 aromatic heterocycles. The minimum atomic E-state index is -1.07. The molecule has 30 heavy (non-hydrogen) atoms. The number of carbonyl (C=O) groups excluding carboxylic acids is 1. The summed E-state index contributed by atoms with van der Waals surface area (Å²) in [7, 11) is 2.02. The molecule has 1 aliphatic rings. The molecule has 2 rings (SSSR count). The average molecular weight is 443 g/mol. The van der Waals surface area contributed by atoms with E-state index in [0.29, 0.717) is 23.5 Å². The molecule has 0 amide bonds. The number of carbonyl (C=O) groups is 2. The zero-order chi connectivity index (χ0) is 22.1. The SMILES string of the molecule is CCCCCCOc1nsnc1C1=CCC[N+](C)([C@@H](C)OC(=O)[C@@H]([NH3+])CC(=O)O)C1. The number of rotatable bonds is 12. The van der Waals surface area contributed by atoms with E-state index in [-0.39, 0.29) is 6.42 Å². The van der Waals surface area contributed by atoms with E-state index in [1.807, 2.05) is 14.0 Å². The summed E-state index contributed by atoms with van der Waals surface area (Å²) < 4.78 is 20.7. The zero-order valence-corrected chi connectivity index (χ0v) is 18.9. The van der Waals surface area contributed by atoms with Crippen LogP contribution in [0.1, 0.15) is 58.1 Å². The van der Waals surface area contributed by atoms with Gasteiger partial charge in [0.2, 0.25) is 6.23 Å². The Labute approximate surface area is 181 Å². The predicted molar refractivity (Wildman–Crippen MR) is 113 cm³/mol. The van der Waals surface area contributed by atoms with Gasteiger partial charge in [0, 0.05) is 18.9 Å². The second-order valence-corrected chi connectivity index (χ2v) is 8.57. The zero-order valence-electron chi connectivity index (χ0n) is 18.1. The summed E-state index contributed by atoms with van der Waals surface area (Å²) in [5, 5.41) is 8.85. The van der Waals surface area contributed by atoms with Crippen LogP contribution >= 0.6 is 11.7 Å². The van der Waals surface area contributed by atoms with E-state index in [1.54, 1.807) is 0 Å². The first kappa shape index (κ1) is 24.2. The number of aliphatic carboxylic acids is 1. The van der Waals surface area contributed by atoms with Gasteiger partial charge in [-0.05, 0) is 6.42 Å². The number of hydrogen-bond acceptors (Lipinski definition) is 7. The third-order valence-electron chi connectivity index (χ3n) is 5.48. The van der Waals surface area contributed by atoms with Crippen LogP contribution in [0.3, 0.4) is 0 Å². The van der Waals surface area contributed by atoms with E-state index in [9.17, 15) is 9.59 Å². The summed E-state index contributed by atoms with van der Waals surface area (Å²) in [4.78, 5) is 23.0. The number of ether oxygens (including phenoxy) is 2. The van der Waals surface area contributed by atoms with Gasteiger partial charge in [0.1, 0.15) is 18.7 Å². The first-order chi connectivity index (χ1) is 14.3. The Balaban J connectivity index is 1.99. The van der Waals surface area contributed by atoms with Crippen LogP contribution in [0.25, 0.3) is 5.57 Å². The Morgan fingerprint density at radius 2 is 2.10 bits per heavy atom. The lowest BCUT2D eigenvalue weighted by Gasteiger charge is -2.41. The minimum Gasteiger partial charge on any atom is -0.481 e. The molecule has 0 spiro atoms. The molecule has 0 aromatic carbocycles. The maximum absolute atomic E-state index is 12.2. The van der Waals surface area contributed by atoms with E-state index in [0.717, 1.165) is 48.8 Å². The van der Waals surface area contributed by atoms with Crippen LogP contribution in [0.15, 0.2) is 6.08 Å². The lowest BCUT2D eigenvalue weighted by atomic mass is 10.0. The fourth-order valence-electron chi connectivity index (χ4n) is 3.40. The molecule has 0 bridgehead atoms. The van der Waals surface area contributed by atoms with Gasteiger partial charge in [0.25, 0.3) is 5.88 Å². The van der Waals surface area contributed by atoms with Crippen molar-refractivity contribution in [3.63, 3.8) is 0 Å². The van der Waals surface area contributed by atoms with Crippen LogP contribution in [-0.2, 0) is 14.3 Å². The van der Waals surface area contributed by atoms with Gasteiger partial charge in [0.15, 0.2) is 6.04 Å². The highest BCUT2D eigenvalue weighted by atomic mass is 32.1. The van der Waals surface area contributed by atoms with Gasteiger partial charge in [-0.2, -0.15) is 4.37 Å². The normalized spacial score (nSPS) is 20.9. The molecule has 1 unspecified atom stereocenters. The first-order valence-electron chi connectivity index (χ1n) is 10.5. The third-order valence-corrected chi connectivity index (χ3v) is 5.99. The third kappa shape index (κ3) is 6.75. The average Bonchev–Trinajstić information content (AvgIpc) is 3.16. The summed E-state index contributed by atoms with van der Waals surface area (Å²) in [6.45, 7) is 6.05. The molecule has 168 valence electrons. The Hall–Kier alpha value is -2.04. The summed E-state index contributed by atoms with van der Waals surface area (Å²) in [5.41, 5.74) is 5.40. The van der Waals surface area contributed by atoms with Gasteiger partial charge < -0.3 is 20.3 Å². The Morgan fingerprint density at radius 1 is 1.33 bits per heavy atom. The summed E-state index contributed by atoms with van der Waals surface area (Å²) >= 11 is 1.13. The molecule has 9 nitrogen and oxygen atoms in total. The number of carboxylic acid groups (broad SMARTS) is 1. The van der Waals surface area contributed by atoms with E-state index in [4.69, 9.17) is 14.6 Å². The summed E-state index contributed by atoms with van der Waals surface area (Å²) in [6, 6.07) is -0.924. The first-order valence-corrected chi connectivity index (χ1v) is 11.2. The fraction of sp³-hybridized carbons (Fsp3) is 0.700. The van der Waals surface area contributed by atoms with Crippen LogP contribution in [-0.4, -0.2) is 69.3 Å². The Morgan fingerprint density at radius 3 is 2.80 bits per heavy atom. The molecular weight excluding hydrogens is 408 g/mol. The van der Waals surface area contributed by atoms with Crippen LogP contribution < -0.4 is 10.5 Å². The summed E-state index contributed by atoms with van der Waals surface area (Å²) in [5.74, 6) is -1.09. The van der Waals surface area contributed by atoms with E-state index >= 15 is 0 Å². The Bertz CT molecular complexity index is 753. The van der Waals surface area contributed by atoms with Crippen LogP contribution in [0.5, 0.6) is 5.88 Å². The van der Waals surface area contributed by atoms with Crippen LogP contribution in [0, 0.1) is 0 Å². The number of hydrogen-bond donors (Lipinski definition) is 2. The number of unbranched alkanes of at least 4 members (excludes halogenated alkanes) is 3. The number of likely N-dealkylation sites (N-methyl/N-ethyl adjacent to an activating group) is 1. The van der Waals surface area contributed by atoms with Gasteiger partial charge in [-0.1, -0.05) is 32.3 Å². The minimum absolute atomic E-state index is 0.343. The number of aromatic nitrogens is 2. The summed E-state index contributed by atoms with van der Waals surface area (Å²) in [6.07, 6.45) is 6.68. The highest BCUT2D eigenvalue weighted by Gasteiger charge is 2.38. The van der Waals surface area contributed by atoms with Gasteiger partial charge >= 0.3 is 11.9 Å². The fourth-order valence-corrected chi connectivity index (χ4v) is 3.93. The van der Waals surface area contributed by atoms with E-state index < -0.39 is 24.2 Å². The molecule has 0 saturated heterocycles. The lowest BCUT2D eigenvalue weighted by molar-refractivity contribution is -0.944. The molecule has 0 fully saturated rings. The van der Waals surface area contributed by atoms with E-state index in [2.05, 4.69) is 27.5 Å². The molecule has 0 saturated carbocycles. The lowest BCUT2D eigenvalue weighted by Crippen LogP contribution is -2.67. The smallest absolute Gasteiger partial charge is 0.369 e. The molecule has 2 heterocycles. The van der Waals surface area contributed by atoms with Crippen LogP contribution in [0.4, 0.5) is 0 Å². The molecule has 3 atom stereocenters. The van der Waals surface area contributed by atoms with Crippen molar-refractivity contribution < 1.29 is 34.4 Å². The maximum atomic E-state index is 12.2. The number of carboxylic acids is 1. The predicted octanol–water partition coefficient (Wildman–Crippen LogP) is 1.71. The molecule has 1 aliphatic heterocycles. The van der Waals surface area contributed by atoms with Gasteiger partial charge in [0.05, 0.1) is 31.9 Å². The van der Waals surface area contributed by atoms with Crippen molar-refractivity contribution in [2.75, 3.05) is 26.7 Å². The molecule has 0 aliphatic carbocycles. The second-order valence-electron chi connectivity index (χ2n) is 8.04. The van der Waals surface area contributed by atoms with Crippen molar-refractivity contribution in [3.8, 4) is 5.88 Å².